The summed E-state index contributed by atoms with van der Waals surface area (Å²) in [4.78, 5) is 35.0. The molecule has 1 saturated heterocycles. The van der Waals surface area contributed by atoms with Gasteiger partial charge in [-0.25, -0.2) is 28.5 Å². The van der Waals surface area contributed by atoms with Crippen molar-refractivity contribution in [2.24, 2.45) is 11.1 Å². The SMILES string of the molecule is CC(=O)C1CCCN(c2ccc(-c3nc(Nc4cccc(S(N)(=O)=O)c4)nc4nc[nH]c34)cn2)C1. The van der Waals surface area contributed by atoms with E-state index in [4.69, 9.17) is 5.14 Å². The predicted octanol–water partition coefficient (Wildman–Crippen LogP) is 2.61. The number of H-pyrrole nitrogens is 1. The number of carbonyl (C=O) groups excluding carboxylic acids is 1. The third kappa shape index (κ3) is 4.84. The van der Waals surface area contributed by atoms with Gasteiger partial charge < -0.3 is 15.2 Å². The molecule has 3 aromatic heterocycles. The molecule has 35 heavy (non-hydrogen) atoms. The average Bonchev–Trinajstić information content (AvgIpc) is 3.32. The maximum absolute atomic E-state index is 11.8. The van der Waals surface area contributed by atoms with Crippen LogP contribution in [-0.4, -0.2) is 52.2 Å². The number of benzene rings is 1. The summed E-state index contributed by atoms with van der Waals surface area (Å²) >= 11 is 0. The van der Waals surface area contributed by atoms with Crippen molar-refractivity contribution in [3.8, 4) is 11.3 Å². The van der Waals surface area contributed by atoms with Crippen LogP contribution in [0.15, 0.2) is 53.8 Å². The van der Waals surface area contributed by atoms with Crippen molar-refractivity contribution in [2.45, 2.75) is 24.7 Å². The van der Waals surface area contributed by atoms with Crippen molar-refractivity contribution in [1.29, 1.82) is 0 Å². The van der Waals surface area contributed by atoms with Gasteiger partial charge in [-0.1, -0.05) is 6.07 Å². The van der Waals surface area contributed by atoms with Crippen molar-refractivity contribution in [1.82, 2.24) is 24.9 Å². The predicted molar refractivity (Wildman–Crippen MR) is 132 cm³/mol. The Morgan fingerprint density at radius 1 is 1.20 bits per heavy atom. The van der Waals surface area contributed by atoms with Crippen molar-refractivity contribution in [3.63, 3.8) is 0 Å². The van der Waals surface area contributed by atoms with Gasteiger partial charge in [0.1, 0.15) is 22.8 Å². The van der Waals surface area contributed by atoms with Gasteiger partial charge in [0.25, 0.3) is 0 Å². The molecule has 4 heterocycles. The molecule has 180 valence electrons. The quantitative estimate of drug-likeness (QED) is 0.367. The van der Waals surface area contributed by atoms with E-state index in [-0.39, 0.29) is 22.5 Å². The lowest BCUT2D eigenvalue weighted by molar-refractivity contribution is -0.120. The summed E-state index contributed by atoms with van der Waals surface area (Å²) < 4.78 is 23.4. The smallest absolute Gasteiger partial charge is 0.238 e. The minimum absolute atomic E-state index is 0.0203. The molecule has 4 aromatic rings. The number of pyridine rings is 1. The first-order valence-corrected chi connectivity index (χ1v) is 12.7. The van der Waals surface area contributed by atoms with Crippen LogP contribution < -0.4 is 15.4 Å². The number of ketones is 1. The van der Waals surface area contributed by atoms with Crippen LogP contribution in [0.2, 0.25) is 0 Å². The number of Topliss-reactive ketones (excluding diaryl/α,β-unsaturated/α-hetero) is 1. The Morgan fingerprint density at radius 2 is 2.06 bits per heavy atom. The molecule has 0 spiro atoms. The minimum Gasteiger partial charge on any atom is -0.356 e. The largest absolute Gasteiger partial charge is 0.356 e. The normalized spacial score (nSPS) is 16.4. The van der Waals surface area contributed by atoms with E-state index >= 15 is 0 Å². The second-order valence-corrected chi connectivity index (χ2v) is 10.1. The Bertz CT molecular complexity index is 1500. The molecule has 4 N–H and O–H groups in total. The van der Waals surface area contributed by atoms with E-state index in [9.17, 15) is 13.2 Å². The number of carbonyl (C=O) groups is 1. The van der Waals surface area contributed by atoms with Gasteiger partial charge in [-0.2, -0.15) is 4.98 Å². The Balaban J connectivity index is 1.45. The highest BCUT2D eigenvalue weighted by atomic mass is 32.2. The summed E-state index contributed by atoms with van der Waals surface area (Å²) in [7, 11) is -3.85. The highest BCUT2D eigenvalue weighted by molar-refractivity contribution is 7.89. The van der Waals surface area contributed by atoms with E-state index in [0.29, 0.717) is 29.1 Å². The zero-order chi connectivity index (χ0) is 24.6. The van der Waals surface area contributed by atoms with Crippen molar-refractivity contribution in [2.75, 3.05) is 23.3 Å². The molecule has 0 radical (unpaired) electrons. The van der Waals surface area contributed by atoms with Gasteiger partial charge in [0.15, 0.2) is 5.65 Å². The first-order valence-electron chi connectivity index (χ1n) is 11.1. The topological polar surface area (TPSA) is 160 Å². The van der Waals surface area contributed by atoms with Gasteiger partial charge in [-0.3, -0.25) is 4.79 Å². The van der Waals surface area contributed by atoms with E-state index in [1.54, 1.807) is 25.3 Å². The van der Waals surface area contributed by atoms with Crippen molar-refractivity contribution < 1.29 is 13.2 Å². The zero-order valence-corrected chi connectivity index (χ0v) is 19.8. The summed E-state index contributed by atoms with van der Waals surface area (Å²) in [5.41, 5.74) is 2.92. The van der Waals surface area contributed by atoms with E-state index in [1.807, 2.05) is 12.1 Å². The Kier molecular flexibility index (Phi) is 5.91. The maximum Gasteiger partial charge on any atom is 0.238 e. The van der Waals surface area contributed by atoms with Crippen molar-refractivity contribution >= 4 is 44.4 Å². The number of sulfonamides is 1. The number of hydrogen-bond donors (Lipinski definition) is 3. The molecule has 5 rings (SSSR count). The summed E-state index contributed by atoms with van der Waals surface area (Å²) in [6.45, 7) is 3.18. The summed E-state index contributed by atoms with van der Waals surface area (Å²) in [5, 5.41) is 8.27. The lowest BCUT2D eigenvalue weighted by Gasteiger charge is -2.32. The van der Waals surface area contributed by atoms with Crippen LogP contribution >= 0.6 is 0 Å². The Morgan fingerprint density at radius 3 is 2.80 bits per heavy atom. The number of piperidine rings is 1. The number of hydrogen-bond acceptors (Lipinski definition) is 9. The number of primary sulfonamides is 1. The number of aromatic nitrogens is 5. The molecule has 0 saturated carbocycles. The number of fused-ring (bicyclic) bond motifs is 1. The number of nitrogens with two attached hydrogens (primary N) is 1. The average molecular weight is 493 g/mol. The number of aromatic amines is 1. The molecule has 0 amide bonds. The van der Waals surface area contributed by atoms with Crippen LogP contribution in [0.1, 0.15) is 19.8 Å². The van der Waals surface area contributed by atoms with Gasteiger partial charge in [-0.15, -0.1) is 0 Å². The fourth-order valence-electron chi connectivity index (χ4n) is 4.21. The minimum atomic E-state index is -3.85. The van der Waals surface area contributed by atoms with Gasteiger partial charge in [0.05, 0.1) is 11.2 Å². The maximum atomic E-state index is 11.8. The first kappa shape index (κ1) is 22.9. The molecule has 0 bridgehead atoms. The Labute approximate surface area is 201 Å². The van der Waals surface area contributed by atoms with Crippen LogP contribution in [0.5, 0.6) is 0 Å². The third-order valence-corrected chi connectivity index (χ3v) is 6.96. The molecule has 12 heteroatoms. The van der Waals surface area contributed by atoms with Gasteiger partial charge >= 0.3 is 0 Å². The van der Waals surface area contributed by atoms with E-state index in [1.165, 1.54) is 18.5 Å². The van der Waals surface area contributed by atoms with E-state index in [0.717, 1.165) is 30.8 Å². The molecule has 1 atom stereocenters. The lowest BCUT2D eigenvalue weighted by atomic mass is 9.94. The monoisotopic (exact) mass is 492 g/mol. The summed E-state index contributed by atoms with van der Waals surface area (Å²) in [5.74, 6) is 1.31. The highest BCUT2D eigenvalue weighted by Crippen LogP contribution is 2.28. The lowest BCUT2D eigenvalue weighted by Crippen LogP contribution is -2.38. The molecular formula is C23H24N8O3S. The molecule has 11 nitrogen and oxygen atoms in total. The summed E-state index contributed by atoms with van der Waals surface area (Å²) in [6, 6.07) is 9.94. The second kappa shape index (κ2) is 9.04. The summed E-state index contributed by atoms with van der Waals surface area (Å²) in [6.07, 6.45) is 5.14. The van der Waals surface area contributed by atoms with E-state index in [2.05, 4.69) is 35.1 Å². The highest BCUT2D eigenvalue weighted by Gasteiger charge is 2.24. The van der Waals surface area contributed by atoms with Crippen molar-refractivity contribution in [3.05, 3.63) is 48.9 Å². The van der Waals surface area contributed by atoms with Gasteiger partial charge in [0.2, 0.25) is 16.0 Å². The fraction of sp³-hybridized carbons (Fsp3) is 0.261. The number of nitrogens with one attached hydrogen (secondary N) is 2. The molecule has 1 unspecified atom stereocenters. The van der Waals surface area contributed by atoms with Crippen LogP contribution in [0.3, 0.4) is 0 Å². The van der Waals surface area contributed by atoms with Crippen LogP contribution in [0.25, 0.3) is 22.4 Å². The number of nitrogens with zero attached hydrogens (tertiary/aromatic N) is 5. The first-order chi connectivity index (χ1) is 16.8. The van der Waals surface area contributed by atoms with Gasteiger partial charge in [0, 0.05) is 36.5 Å². The number of rotatable bonds is 6. The molecule has 0 aliphatic carbocycles. The number of imidazole rings is 1. The molecule has 1 aromatic carbocycles. The fourth-order valence-corrected chi connectivity index (χ4v) is 4.77. The number of anilines is 3. The standard InChI is InChI=1S/C23H24N8O3S/c1-14(32)16-4-3-9-31(12-16)19-8-7-15(11-25-19)20-21-22(27-13-26-21)30-23(29-20)28-17-5-2-6-18(10-17)35(24,33)34/h2,5-8,10-11,13,16H,3-4,9,12H2,1H3,(H2,24,33,34)(H2,26,27,28,29,30). The third-order valence-electron chi connectivity index (χ3n) is 6.05. The van der Waals surface area contributed by atoms with E-state index < -0.39 is 10.0 Å². The Hall–Kier alpha value is -3.90. The van der Waals surface area contributed by atoms with Crippen LogP contribution in [0, 0.1) is 5.92 Å². The molecular weight excluding hydrogens is 468 g/mol. The van der Waals surface area contributed by atoms with Crippen LogP contribution in [-0.2, 0) is 14.8 Å². The molecule has 1 fully saturated rings. The van der Waals surface area contributed by atoms with Gasteiger partial charge in [-0.05, 0) is 50.1 Å². The van der Waals surface area contributed by atoms with Crippen LogP contribution in [0.4, 0.5) is 17.5 Å². The molecule has 1 aliphatic rings. The zero-order valence-electron chi connectivity index (χ0n) is 19.0. The second-order valence-electron chi connectivity index (χ2n) is 8.50. The molecule has 1 aliphatic heterocycles.